The molecule has 0 saturated carbocycles. The van der Waals surface area contributed by atoms with Crippen molar-refractivity contribution in [3.05, 3.63) is 0 Å². The Hall–Kier alpha value is 0.0700. The summed E-state index contributed by atoms with van der Waals surface area (Å²) in [4.78, 5) is 2.27. The Labute approximate surface area is 85.3 Å². The molecule has 1 rings (SSSR count). The van der Waals surface area contributed by atoms with E-state index >= 15 is 0 Å². The molecule has 1 aliphatic heterocycles. The fourth-order valence-electron chi connectivity index (χ4n) is 1.46. The summed E-state index contributed by atoms with van der Waals surface area (Å²) >= 11 is 0. The predicted octanol–water partition coefficient (Wildman–Crippen LogP) is 0.378. The van der Waals surface area contributed by atoms with E-state index in [1.165, 1.54) is 14.2 Å². The van der Waals surface area contributed by atoms with Gasteiger partial charge in [0.25, 0.3) is 0 Å². The lowest BCUT2D eigenvalue weighted by molar-refractivity contribution is 0.235. The van der Waals surface area contributed by atoms with Gasteiger partial charge >= 0.3 is 7.60 Å². The third-order valence-electron chi connectivity index (χ3n) is 2.46. The minimum absolute atomic E-state index is 0.472. The van der Waals surface area contributed by atoms with Gasteiger partial charge in [0, 0.05) is 46.9 Å². The zero-order valence-corrected chi connectivity index (χ0v) is 9.76. The lowest BCUT2D eigenvalue weighted by Crippen LogP contribution is -2.44. The molecule has 1 fully saturated rings. The van der Waals surface area contributed by atoms with E-state index in [2.05, 4.69) is 10.2 Å². The molecule has 0 aromatic rings. The average molecular weight is 222 g/mol. The van der Waals surface area contributed by atoms with Crippen LogP contribution in [0.1, 0.15) is 0 Å². The van der Waals surface area contributed by atoms with E-state index < -0.39 is 7.60 Å². The van der Waals surface area contributed by atoms with Gasteiger partial charge in [-0.15, -0.1) is 0 Å². The maximum Gasteiger partial charge on any atom is 0.331 e. The molecule has 0 aromatic carbocycles. The maximum absolute atomic E-state index is 11.7. The molecule has 1 heterocycles. The third-order valence-corrected chi connectivity index (χ3v) is 4.32. The van der Waals surface area contributed by atoms with Crippen LogP contribution < -0.4 is 5.32 Å². The van der Waals surface area contributed by atoms with Crippen LogP contribution in [0.5, 0.6) is 0 Å². The van der Waals surface area contributed by atoms with E-state index in [1.54, 1.807) is 0 Å². The van der Waals surface area contributed by atoms with Crippen LogP contribution in [0.15, 0.2) is 0 Å². The van der Waals surface area contributed by atoms with Crippen molar-refractivity contribution in [2.75, 3.05) is 53.1 Å². The summed E-state index contributed by atoms with van der Waals surface area (Å²) in [6.45, 7) is 4.80. The normalized spacial score (nSPS) is 19.9. The molecule has 84 valence electrons. The number of nitrogens with zero attached hydrogens (tertiary/aromatic N) is 1. The summed E-state index contributed by atoms with van der Waals surface area (Å²) in [6, 6.07) is 0. The Balaban J connectivity index is 2.27. The zero-order valence-electron chi connectivity index (χ0n) is 8.86. The first-order valence-corrected chi connectivity index (χ1v) is 6.56. The van der Waals surface area contributed by atoms with Crippen molar-refractivity contribution < 1.29 is 13.6 Å². The van der Waals surface area contributed by atoms with Crippen molar-refractivity contribution in [1.82, 2.24) is 10.2 Å². The van der Waals surface area contributed by atoms with Crippen molar-refractivity contribution in [3.63, 3.8) is 0 Å². The third kappa shape index (κ3) is 3.67. The van der Waals surface area contributed by atoms with Crippen LogP contribution in [0.2, 0.25) is 0 Å². The van der Waals surface area contributed by atoms with Crippen LogP contribution >= 0.6 is 7.60 Å². The molecule has 0 spiro atoms. The van der Waals surface area contributed by atoms with E-state index in [1.807, 2.05) is 0 Å². The summed E-state index contributed by atoms with van der Waals surface area (Å²) in [5, 5.41) is 3.27. The molecule has 1 saturated heterocycles. The van der Waals surface area contributed by atoms with Gasteiger partial charge in [-0.25, -0.2) is 0 Å². The van der Waals surface area contributed by atoms with Gasteiger partial charge < -0.3 is 19.3 Å². The SMILES string of the molecule is COP(=O)(CCN1CCNCC1)OC. The van der Waals surface area contributed by atoms with Gasteiger partial charge in [-0.1, -0.05) is 0 Å². The molecule has 0 unspecified atom stereocenters. The Morgan fingerprint density at radius 3 is 2.36 bits per heavy atom. The van der Waals surface area contributed by atoms with Crippen molar-refractivity contribution in [3.8, 4) is 0 Å². The van der Waals surface area contributed by atoms with Gasteiger partial charge in [0.05, 0.1) is 6.16 Å². The number of hydrogen-bond donors (Lipinski definition) is 1. The van der Waals surface area contributed by atoms with Crippen LogP contribution in [-0.2, 0) is 13.6 Å². The highest BCUT2D eigenvalue weighted by Gasteiger charge is 2.22. The number of rotatable bonds is 5. The Kier molecular flexibility index (Phi) is 5.06. The van der Waals surface area contributed by atoms with E-state index in [0.717, 1.165) is 32.7 Å². The molecule has 1 N–H and O–H groups in total. The Bertz CT molecular complexity index is 199. The van der Waals surface area contributed by atoms with Crippen LogP contribution in [0, 0.1) is 0 Å². The molecule has 0 amide bonds. The monoisotopic (exact) mass is 222 g/mol. The van der Waals surface area contributed by atoms with Gasteiger partial charge in [-0.2, -0.15) is 0 Å². The molecule has 5 nitrogen and oxygen atoms in total. The second kappa shape index (κ2) is 5.83. The molecule has 1 aliphatic rings. The van der Waals surface area contributed by atoms with E-state index in [-0.39, 0.29) is 0 Å². The van der Waals surface area contributed by atoms with Gasteiger partial charge in [0.1, 0.15) is 0 Å². The second-order valence-corrected chi connectivity index (χ2v) is 5.69. The van der Waals surface area contributed by atoms with Crippen LogP contribution in [-0.4, -0.2) is 58.0 Å². The standard InChI is InChI=1S/C8H19N2O3P/c1-12-14(11,13-2)8-7-10-5-3-9-4-6-10/h9H,3-8H2,1-2H3. The smallest absolute Gasteiger partial charge is 0.314 e. The van der Waals surface area contributed by atoms with Gasteiger partial charge in [0.2, 0.25) is 0 Å². The van der Waals surface area contributed by atoms with Crippen molar-refractivity contribution in [2.45, 2.75) is 0 Å². The lowest BCUT2D eigenvalue weighted by atomic mass is 10.4. The molecular weight excluding hydrogens is 203 g/mol. The molecule has 0 radical (unpaired) electrons. The van der Waals surface area contributed by atoms with Crippen LogP contribution in [0.25, 0.3) is 0 Å². The average Bonchev–Trinajstić information content (AvgIpc) is 2.27. The summed E-state index contributed by atoms with van der Waals surface area (Å²) < 4.78 is 21.4. The van der Waals surface area contributed by atoms with Gasteiger partial charge in [0.15, 0.2) is 0 Å². The first-order valence-electron chi connectivity index (χ1n) is 4.84. The fraction of sp³-hybridized carbons (Fsp3) is 1.00. The molecule has 6 heteroatoms. The first-order chi connectivity index (χ1) is 6.70. The fourth-order valence-corrected chi connectivity index (χ4v) is 2.50. The Morgan fingerprint density at radius 1 is 1.29 bits per heavy atom. The lowest BCUT2D eigenvalue weighted by Gasteiger charge is -2.27. The summed E-state index contributed by atoms with van der Waals surface area (Å²) in [5.74, 6) is 0. The van der Waals surface area contributed by atoms with Crippen molar-refractivity contribution in [1.29, 1.82) is 0 Å². The largest absolute Gasteiger partial charge is 0.331 e. The highest BCUT2D eigenvalue weighted by molar-refractivity contribution is 7.53. The molecule has 14 heavy (non-hydrogen) atoms. The predicted molar refractivity (Wildman–Crippen MR) is 55.8 cm³/mol. The summed E-state index contributed by atoms with van der Waals surface area (Å²) in [7, 11) is 0.0553. The number of nitrogens with one attached hydrogen (secondary N) is 1. The Morgan fingerprint density at radius 2 is 1.86 bits per heavy atom. The summed E-state index contributed by atoms with van der Waals surface area (Å²) in [6.07, 6.45) is 0.472. The number of piperazine rings is 1. The maximum atomic E-state index is 11.7. The zero-order chi connectivity index (χ0) is 10.4. The van der Waals surface area contributed by atoms with Crippen LogP contribution in [0.3, 0.4) is 0 Å². The minimum atomic E-state index is -2.81. The highest BCUT2D eigenvalue weighted by atomic mass is 31.2. The van der Waals surface area contributed by atoms with Gasteiger partial charge in [-0.05, 0) is 0 Å². The van der Waals surface area contributed by atoms with Gasteiger partial charge in [-0.3, -0.25) is 4.57 Å². The van der Waals surface area contributed by atoms with E-state index in [0.29, 0.717) is 6.16 Å². The number of hydrogen-bond acceptors (Lipinski definition) is 5. The van der Waals surface area contributed by atoms with Crippen molar-refractivity contribution >= 4 is 7.60 Å². The quantitative estimate of drug-likeness (QED) is 0.681. The minimum Gasteiger partial charge on any atom is -0.314 e. The summed E-state index contributed by atoms with van der Waals surface area (Å²) in [5.41, 5.74) is 0. The second-order valence-electron chi connectivity index (χ2n) is 3.29. The molecule has 0 aliphatic carbocycles. The first kappa shape index (κ1) is 12.1. The van der Waals surface area contributed by atoms with E-state index in [4.69, 9.17) is 9.05 Å². The molecule has 0 bridgehead atoms. The van der Waals surface area contributed by atoms with E-state index in [9.17, 15) is 4.57 Å². The molecular formula is C8H19N2O3P. The van der Waals surface area contributed by atoms with Crippen molar-refractivity contribution in [2.24, 2.45) is 0 Å². The van der Waals surface area contributed by atoms with Crippen LogP contribution in [0.4, 0.5) is 0 Å². The highest BCUT2D eigenvalue weighted by Crippen LogP contribution is 2.45. The molecule has 0 atom stereocenters. The topological polar surface area (TPSA) is 50.8 Å². The molecule has 0 aromatic heterocycles.